The molecule has 0 saturated heterocycles. The number of pyridine rings is 1. The summed E-state index contributed by atoms with van der Waals surface area (Å²) in [4.78, 5) is 16.6. The molecule has 0 unspecified atom stereocenters. The number of ether oxygens (including phenoxy) is 1. The highest BCUT2D eigenvalue weighted by molar-refractivity contribution is 6.10. The van der Waals surface area contributed by atoms with Gasteiger partial charge in [-0.05, 0) is 31.0 Å². The summed E-state index contributed by atoms with van der Waals surface area (Å²) in [5.74, 6) is 0.517. The first-order chi connectivity index (χ1) is 9.63. The number of anilines is 1. The largest absolute Gasteiger partial charge is 0.492 e. The smallest absolute Gasteiger partial charge is 0.195 e. The average Bonchev–Trinajstić information content (AvgIpc) is 2.47. The lowest BCUT2D eigenvalue weighted by atomic mass is 9.99. The molecule has 0 spiro atoms. The summed E-state index contributed by atoms with van der Waals surface area (Å²) in [6, 6.07) is 7.05. The SMILES string of the molecule is CCCOc1cncc(C(=O)c2cccc(N)c2C)c1. The zero-order valence-corrected chi connectivity index (χ0v) is 11.7. The fraction of sp³-hybridized carbons (Fsp3) is 0.250. The number of aromatic nitrogens is 1. The van der Waals surface area contributed by atoms with Gasteiger partial charge in [-0.1, -0.05) is 19.1 Å². The third-order valence-electron chi connectivity index (χ3n) is 3.07. The molecule has 0 aliphatic heterocycles. The molecule has 1 aromatic carbocycles. The Morgan fingerprint density at radius 3 is 2.90 bits per heavy atom. The third-order valence-corrected chi connectivity index (χ3v) is 3.07. The molecule has 0 radical (unpaired) electrons. The topological polar surface area (TPSA) is 65.2 Å². The van der Waals surface area contributed by atoms with Gasteiger partial charge >= 0.3 is 0 Å². The van der Waals surface area contributed by atoms with Crippen LogP contribution in [0.4, 0.5) is 5.69 Å². The second kappa shape index (κ2) is 6.19. The second-order valence-corrected chi connectivity index (χ2v) is 4.61. The summed E-state index contributed by atoms with van der Waals surface area (Å²) in [5.41, 5.74) is 8.35. The fourth-order valence-electron chi connectivity index (χ4n) is 1.90. The molecule has 0 aliphatic carbocycles. The molecule has 0 amide bonds. The Kier molecular flexibility index (Phi) is 4.35. The van der Waals surface area contributed by atoms with Crippen molar-refractivity contribution in [1.82, 2.24) is 4.98 Å². The van der Waals surface area contributed by atoms with Crippen LogP contribution in [0.1, 0.15) is 34.8 Å². The van der Waals surface area contributed by atoms with Gasteiger partial charge in [0.2, 0.25) is 0 Å². The van der Waals surface area contributed by atoms with Crippen molar-refractivity contribution in [3.8, 4) is 5.75 Å². The maximum absolute atomic E-state index is 12.5. The van der Waals surface area contributed by atoms with E-state index in [4.69, 9.17) is 10.5 Å². The average molecular weight is 270 g/mol. The fourth-order valence-corrected chi connectivity index (χ4v) is 1.90. The van der Waals surface area contributed by atoms with Crippen molar-refractivity contribution in [2.24, 2.45) is 0 Å². The first kappa shape index (κ1) is 14.1. The first-order valence-corrected chi connectivity index (χ1v) is 6.61. The standard InChI is InChI=1S/C16H18N2O2/c1-3-7-20-13-8-12(9-18-10-13)16(19)14-5-4-6-15(17)11(14)2/h4-6,8-10H,3,7,17H2,1-2H3. The van der Waals surface area contributed by atoms with Gasteiger partial charge in [-0.3, -0.25) is 9.78 Å². The van der Waals surface area contributed by atoms with Crippen LogP contribution in [0.3, 0.4) is 0 Å². The Morgan fingerprint density at radius 2 is 2.15 bits per heavy atom. The van der Waals surface area contributed by atoms with Crippen LogP contribution in [0.15, 0.2) is 36.7 Å². The van der Waals surface area contributed by atoms with Crippen LogP contribution in [-0.4, -0.2) is 17.4 Å². The zero-order chi connectivity index (χ0) is 14.5. The van der Waals surface area contributed by atoms with Crippen LogP contribution in [0.25, 0.3) is 0 Å². The van der Waals surface area contributed by atoms with E-state index in [2.05, 4.69) is 4.98 Å². The molecule has 20 heavy (non-hydrogen) atoms. The molecule has 2 rings (SSSR count). The Hall–Kier alpha value is -2.36. The van der Waals surface area contributed by atoms with E-state index in [9.17, 15) is 4.79 Å². The lowest BCUT2D eigenvalue weighted by Crippen LogP contribution is -2.06. The van der Waals surface area contributed by atoms with Gasteiger partial charge in [-0.25, -0.2) is 0 Å². The van der Waals surface area contributed by atoms with Crippen LogP contribution in [0.5, 0.6) is 5.75 Å². The summed E-state index contributed by atoms with van der Waals surface area (Å²) in [6.45, 7) is 4.47. The van der Waals surface area contributed by atoms with E-state index in [0.717, 1.165) is 12.0 Å². The highest BCUT2D eigenvalue weighted by Gasteiger charge is 2.14. The second-order valence-electron chi connectivity index (χ2n) is 4.61. The van der Waals surface area contributed by atoms with Gasteiger partial charge in [0, 0.05) is 23.0 Å². The minimum atomic E-state index is -0.0933. The van der Waals surface area contributed by atoms with Crippen molar-refractivity contribution in [2.75, 3.05) is 12.3 Å². The quantitative estimate of drug-likeness (QED) is 0.670. The van der Waals surface area contributed by atoms with Crippen molar-refractivity contribution in [1.29, 1.82) is 0 Å². The first-order valence-electron chi connectivity index (χ1n) is 6.61. The Balaban J connectivity index is 2.31. The predicted octanol–water partition coefficient (Wildman–Crippen LogP) is 2.99. The highest BCUT2D eigenvalue weighted by atomic mass is 16.5. The van der Waals surface area contributed by atoms with Crippen LogP contribution < -0.4 is 10.5 Å². The molecular weight excluding hydrogens is 252 g/mol. The van der Waals surface area contributed by atoms with E-state index in [-0.39, 0.29) is 5.78 Å². The molecule has 0 atom stereocenters. The number of nitrogens with zero attached hydrogens (tertiary/aromatic N) is 1. The lowest BCUT2D eigenvalue weighted by Gasteiger charge is -2.09. The number of carbonyl (C=O) groups excluding carboxylic acids is 1. The molecule has 1 heterocycles. The van der Waals surface area contributed by atoms with Gasteiger partial charge in [-0.15, -0.1) is 0 Å². The summed E-state index contributed by atoms with van der Waals surface area (Å²) in [7, 11) is 0. The van der Waals surface area contributed by atoms with Crippen LogP contribution >= 0.6 is 0 Å². The third kappa shape index (κ3) is 2.96. The Morgan fingerprint density at radius 1 is 1.35 bits per heavy atom. The Bertz CT molecular complexity index is 624. The van der Waals surface area contributed by atoms with Gasteiger partial charge in [-0.2, -0.15) is 0 Å². The molecule has 1 aromatic heterocycles. The number of hydrogen-bond acceptors (Lipinski definition) is 4. The lowest BCUT2D eigenvalue weighted by molar-refractivity contribution is 0.103. The van der Waals surface area contributed by atoms with Gasteiger partial charge in [0.25, 0.3) is 0 Å². The zero-order valence-electron chi connectivity index (χ0n) is 11.7. The van der Waals surface area contributed by atoms with Gasteiger partial charge in [0.1, 0.15) is 5.75 Å². The van der Waals surface area contributed by atoms with E-state index in [1.807, 2.05) is 13.8 Å². The molecule has 104 valence electrons. The predicted molar refractivity (Wildman–Crippen MR) is 79.0 cm³/mol. The summed E-state index contributed by atoms with van der Waals surface area (Å²) in [6.07, 6.45) is 4.06. The van der Waals surface area contributed by atoms with Gasteiger partial charge in [0.15, 0.2) is 5.78 Å². The normalized spacial score (nSPS) is 10.3. The molecule has 0 aliphatic rings. The number of rotatable bonds is 5. The van der Waals surface area contributed by atoms with Gasteiger partial charge in [0.05, 0.1) is 12.8 Å². The molecule has 2 N–H and O–H groups in total. The number of carbonyl (C=O) groups is 1. The van der Waals surface area contributed by atoms with Crippen LogP contribution in [-0.2, 0) is 0 Å². The van der Waals surface area contributed by atoms with Crippen LogP contribution in [0, 0.1) is 6.92 Å². The van der Waals surface area contributed by atoms with Crippen LogP contribution in [0.2, 0.25) is 0 Å². The van der Waals surface area contributed by atoms with Crippen molar-refractivity contribution in [3.63, 3.8) is 0 Å². The molecule has 2 aromatic rings. The van der Waals surface area contributed by atoms with E-state index in [1.54, 1.807) is 36.7 Å². The summed E-state index contributed by atoms with van der Waals surface area (Å²) >= 11 is 0. The van der Waals surface area contributed by atoms with Crippen molar-refractivity contribution in [2.45, 2.75) is 20.3 Å². The summed E-state index contributed by atoms with van der Waals surface area (Å²) < 4.78 is 5.50. The van der Waals surface area contributed by atoms with Crippen molar-refractivity contribution < 1.29 is 9.53 Å². The Labute approximate surface area is 118 Å². The molecule has 0 saturated carbocycles. The molecule has 4 nitrogen and oxygen atoms in total. The number of hydrogen-bond donors (Lipinski definition) is 1. The molecular formula is C16H18N2O2. The van der Waals surface area contributed by atoms with Crippen molar-refractivity contribution >= 4 is 11.5 Å². The molecule has 0 fully saturated rings. The summed E-state index contributed by atoms with van der Waals surface area (Å²) in [5, 5.41) is 0. The minimum absolute atomic E-state index is 0.0933. The molecule has 0 bridgehead atoms. The van der Waals surface area contributed by atoms with Crippen molar-refractivity contribution in [3.05, 3.63) is 53.3 Å². The highest BCUT2D eigenvalue weighted by Crippen LogP contribution is 2.20. The van der Waals surface area contributed by atoms with E-state index >= 15 is 0 Å². The van der Waals surface area contributed by atoms with Gasteiger partial charge < -0.3 is 10.5 Å². The number of nitrogen functional groups attached to an aromatic ring is 1. The minimum Gasteiger partial charge on any atom is -0.492 e. The molecule has 4 heteroatoms. The van der Waals surface area contributed by atoms with E-state index in [0.29, 0.717) is 29.2 Å². The van der Waals surface area contributed by atoms with E-state index < -0.39 is 0 Å². The maximum Gasteiger partial charge on any atom is 0.195 e. The number of ketones is 1. The van der Waals surface area contributed by atoms with E-state index in [1.165, 1.54) is 0 Å². The maximum atomic E-state index is 12.5. The number of nitrogens with two attached hydrogens (primary N) is 1. The monoisotopic (exact) mass is 270 g/mol. The number of benzene rings is 1.